The summed E-state index contributed by atoms with van der Waals surface area (Å²) in [6.07, 6.45) is 4.19. The fourth-order valence-electron chi connectivity index (χ4n) is 2.66. The van der Waals surface area contributed by atoms with E-state index in [2.05, 4.69) is 22.1 Å². The molecule has 7 heteroatoms. The van der Waals surface area contributed by atoms with E-state index in [0.29, 0.717) is 12.2 Å². The van der Waals surface area contributed by atoms with Gasteiger partial charge in [0.2, 0.25) is 5.91 Å². The van der Waals surface area contributed by atoms with E-state index in [0.717, 1.165) is 25.1 Å². The third kappa shape index (κ3) is 4.58. The van der Waals surface area contributed by atoms with Crippen molar-refractivity contribution in [1.29, 1.82) is 0 Å². The third-order valence-corrected chi connectivity index (χ3v) is 3.62. The van der Waals surface area contributed by atoms with Crippen LogP contribution in [0.4, 0.5) is 10.5 Å². The van der Waals surface area contributed by atoms with Crippen molar-refractivity contribution in [1.82, 2.24) is 15.1 Å². The summed E-state index contributed by atoms with van der Waals surface area (Å²) in [6, 6.07) is 0. The summed E-state index contributed by atoms with van der Waals surface area (Å²) in [5.41, 5.74) is 0.848. The lowest BCUT2D eigenvalue weighted by atomic mass is 9.94. The van der Waals surface area contributed by atoms with Crippen LogP contribution >= 0.6 is 0 Å². The van der Waals surface area contributed by atoms with Gasteiger partial charge < -0.3 is 9.64 Å². The highest BCUT2D eigenvalue weighted by Crippen LogP contribution is 2.30. The third-order valence-electron chi connectivity index (χ3n) is 3.62. The first-order chi connectivity index (χ1) is 10.8. The number of carbonyl (C=O) groups is 2. The van der Waals surface area contributed by atoms with Gasteiger partial charge in [0.05, 0.1) is 17.6 Å². The molecule has 2 rings (SSSR count). The summed E-state index contributed by atoms with van der Waals surface area (Å²) < 4.78 is 5.26. The molecule has 0 spiro atoms. The second kappa shape index (κ2) is 6.85. The van der Waals surface area contributed by atoms with Crippen molar-refractivity contribution >= 4 is 17.7 Å². The van der Waals surface area contributed by atoms with Gasteiger partial charge in [-0.2, -0.15) is 5.10 Å². The number of rotatable bonds is 3. The van der Waals surface area contributed by atoms with Crippen molar-refractivity contribution in [3.05, 3.63) is 24.5 Å². The Morgan fingerprint density at radius 3 is 2.91 bits per heavy atom. The maximum absolute atomic E-state index is 11.9. The molecule has 0 aromatic carbocycles. The van der Waals surface area contributed by atoms with Crippen molar-refractivity contribution in [3.63, 3.8) is 0 Å². The number of H-pyrrole nitrogens is 1. The van der Waals surface area contributed by atoms with Crippen LogP contribution in [0.1, 0.15) is 45.2 Å². The highest BCUT2D eigenvalue weighted by atomic mass is 16.6. The van der Waals surface area contributed by atoms with Crippen LogP contribution in [0.2, 0.25) is 0 Å². The molecule has 2 N–H and O–H groups in total. The van der Waals surface area contributed by atoms with Gasteiger partial charge in [0.1, 0.15) is 5.60 Å². The molecule has 1 atom stereocenters. The smallest absolute Gasteiger partial charge is 0.412 e. The van der Waals surface area contributed by atoms with Crippen molar-refractivity contribution in [2.75, 3.05) is 18.4 Å². The van der Waals surface area contributed by atoms with E-state index in [1.54, 1.807) is 11.1 Å². The van der Waals surface area contributed by atoms with Gasteiger partial charge in [-0.1, -0.05) is 6.58 Å². The van der Waals surface area contributed by atoms with E-state index in [1.165, 1.54) is 6.08 Å². The zero-order chi connectivity index (χ0) is 17.0. The van der Waals surface area contributed by atoms with E-state index in [9.17, 15) is 9.59 Å². The maximum Gasteiger partial charge on any atom is 0.412 e. The minimum atomic E-state index is -0.563. The summed E-state index contributed by atoms with van der Waals surface area (Å²) in [7, 11) is 0. The van der Waals surface area contributed by atoms with Gasteiger partial charge in [-0.05, 0) is 39.7 Å². The number of aromatic nitrogens is 2. The molecule has 1 aliphatic heterocycles. The Kier molecular flexibility index (Phi) is 5.08. The molecule has 0 bridgehead atoms. The van der Waals surface area contributed by atoms with Gasteiger partial charge in [-0.15, -0.1) is 0 Å². The van der Waals surface area contributed by atoms with Crippen molar-refractivity contribution in [2.45, 2.75) is 45.1 Å². The molecule has 1 aromatic rings. The zero-order valence-electron chi connectivity index (χ0n) is 13.9. The summed E-state index contributed by atoms with van der Waals surface area (Å²) >= 11 is 0. The Morgan fingerprint density at radius 2 is 2.26 bits per heavy atom. The van der Waals surface area contributed by atoms with E-state index >= 15 is 0 Å². The second-order valence-corrected chi connectivity index (χ2v) is 6.65. The van der Waals surface area contributed by atoms with Crippen LogP contribution < -0.4 is 5.32 Å². The molecule has 1 fully saturated rings. The lowest BCUT2D eigenvalue weighted by molar-refractivity contribution is -0.127. The number of aromatic amines is 1. The first-order valence-corrected chi connectivity index (χ1v) is 7.75. The topological polar surface area (TPSA) is 87.3 Å². The van der Waals surface area contributed by atoms with Crippen LogP contribution in [0.3, 0.4) is 0 Å². The fourth-order valence-corrected chi connectivity index (χ4v) is 2.66. The predicted octanol–water partition coefficient (Wildman–Crippen LogP) is 2.65. The molecular formula is C16H24N4O3. The molecule has 1 saturated heterocycles. The first-order valence-electron chi connectivity index (χ1n) is 7.75. The number of carbonyl (C=O) groups excluding carboxylic acids is 2. The molecule has 2 amide bonds. The number of amides is 2. The van der Waals surface area contributed by atoms with Gasteiger partial charge >= 0.3 is 6.09 Å². The standard InChI is InChI=1S/C16H24N4O3/c1-5-13(21)20-8-6-7-11(10-20)14-12(9-17-19-14)18-15(22)23-16(2,3)4/h5,9,11H,1,6-8,10H2,2-4H3,(H,17,19)(H,18,22). The molecule has 1 unspecified atom stereocenters. The van der Waals surface area contributed by atoms with Crippen molar-refractivity contribution in [2.24, 2.45) is 0 Å². The molecule has 7 nitrogen and oxygen atoms in total. The Labute approximate surface area is 136 Å². The molecule has 23 heavy (non-hydrogen) atoms. The minimum Gasteiger partial charge on any atom is -0.444 e. The van der Waals surface area contributed by atoms with E-state index in [-0.39, 0.29) is 11.8 Å². The largest absolute Gasteiger partial charge is 0.444 e. The van der Waals surface area contributed by atoms with Crippen LogP contribution in [0, 0.1) is 0 Å². The highest BCUT2D eigenvalue weighted by Gasteiger charge is 2.27. The Balaban J connectivity index is 2.07. The molecular weight excluding hydrogens is 296 g/mol. The summed E-state index contributed by atoms with van der Waals surface area (Å²) in [5, 5.41) is 9.68. The lowest BCUT2D eigenvalue weighted by Gasteiger charge is -2.32. The Hall–Kier alpha value is -2.31. The Bertz CT molecular complexity index is 588. The SMILES string of the molecule is C=CC(=O)N1CCCC(c2[nH]ncc2NC(=O)OC(C)(C)C)C1. The van der Waals surface area contributed by atoms with Crippen LogP contribution in [-0.2, 0) is 9.53 Å². The number of nitrogens with zero attached hydrogens (tertiary/aromatic N) is 2. The van der Waals surface area contributed by atoms with E-state index < -0.39 is 11.7 Å². The normalized spacial score (nSPS) is 18.4. The number of ether oxygens (including phenoxy) is 1. The van der Waals surface area contributed by atoms with Crippen LogP contribution in [0.15, 0.2) is 18.9 Å². The average molecular weight is 320 g/mol. The number of hydrogen-bond acceptors (Lipinski definition) is 4. The summed E-state index contributed by atoms with van der Waals surface area (Å²) in [4.78, 5) is 25.5. The monoisotopic (exact) mass is 320 g/mol. The number of hydrogen-bond donors (Lipinski definition) is 2. The van der Waals surface area contributed by atoms with Crippen LogP contribution in [0.5, 0.6) is 0 Å². The van der Waals surface area contributed by atoms with Gasteiger partial charge in [0, 0.05) is 19.0 Å². The molecule has 2 heterocycles. The van der Waals surface area contributed by atoms with Crippen molar-refractivity contribution in [3.8, 4) is 0 Å². The molecule has 0 saturated carbocycles. The van der Waals surface area contributed by atoms with Gasteiger partial charge in [0.25, 0.3) is 0 Å². The van der Waals surface area contributed by atoms with Gasteiger partial charge in [-0.25, -0.2) is 4.79 Å². The quantitative estimate of drug-likeness (QED) is 0.838. The molecule has 126 valence electrons. The van der Waals surface area contributed by atoms with Gasteiger partial charge in [0.15, 0.2) is 0 Å². The average Bonchev–Trinajstić information content (AvgIpc) is 2.92. The fraction of sp³-hybridized carbons (Fsp3) is 0.562. The predicted molar refractivity (Wildman–Crippen MR) is 87.2 cm³/mol. The van der Waals surface area contributed by atoms with E-state index in [4.69, 9.17) is 4.74 Å². The van der Waals surface area contributed by atoms with Gasteiger partial charge in [-0.3, -0.25) is 15.2 Å². The highest BCUT2D eigenvalue weighted by molar-refractivity contribution is 5.87. The molecule has 0 radical (unpaired) electrons. The maximum atomic E-state index is 11.9. The minimum absolute atomic E-state index is 0.0733. The number of piperidine rings is 1. The molecule has 1 aliphatic rings. The lowest BCUT2D eigenvalue weighted by Crippen LogP contribution is -2.38. The number of likely N-dealkylation sites (tertiary alicyclic amines) is 1. The summed E-state index contributed by atoms with van der Waals surface area (Å²) in [6.45, 7) is 10.3. The van der Waals surface area contributed by atoms with Crippen molar-refractivity contribution < 1.29 is 14.3 Å². The second-order valence-electron chi connectivity index (χ2n) is 6.65. The van der Waals surface area contributed by atoms with Crippen LogP contribution in [-0.4, -0.2) is 45.8 Å². The van der Waals surface area contributed by atoms with E-state index in [1.807, 2.05) is 20.8 Å². The van der Waals surface area contributed by atoms with Crippen LogP contribution in [0.25, 0.3) is 0 Å². The Morgan fingerprint density at radius 1 is 1.52 bits per heavy atom. The number of anilines is 1. The molecule has 0 aliphatic carbocycles. The number of nitrogens with one attached hydrogen (secondary N) is 2. The summed E-state index contributed by atoms with van der Waals surface area (Å²) in [5.74, 6) is 0.0240. The zero-order valence-corrected chi connectivity index (χ0v) is 13.9. The molecule has 1 aromatic heterocycles. The first kappa shape index (κ1) is 17.1.